The first-order valence-corrected chi connectivity index (χ1v) is 9.06. The van der Waals surface area contributed by atoms with Crippen molar-refractivity contribution < 1.29 is 19.0 Å². The minimum atomic E-state index is -0.635. The third-order valence-corrected chi connectivity index (χ3v) is 4.24. The van der Waals surface area contributed by atoms with Crippen LogP contribution in [0.1, 0.15) is 18.9 Å². The summed E-state index contributed by atoms with van der Waals surface area (Å²) in [4.78, 5) is 12.3. The normalized spacial score (nSPS) is 18.3. The van der Waals surface area contributed by atoms with Gasteiger partial charge in [0.25, 0.3) is 5.91 Å². The second kappa shape index (κ2) is 9.25. The van der Waals surface area contributed by atoms with E-state index in [-0.39, 0.29) is 12.0 Å². The summed E-state index contributed by atoms with van der Waals surface area (Å²) in [5.41, 5.74) is 1.27. The second-order valence-electron chi connectivity index (χ2n) is 6.30. The predicted octanol–water partition coefficient (Wildman–Crippen LogP) is 2.98. The van der Waals surface area contributed by atoms with E-state index in [4.69, 9.17) is 14.2 Å². The number of amides is 1. The molecular weight excluding hydrogens is 330 g/mol. The minimum Gasteiger partial charge on any atom is -0.482 e. The first-order valence-electron chi connectivity index (χ1n) is 9.06. The first-order chi connectivity index (χ1) is 12.7. The lowest BCUT2D eigenvalue weighted by molar-refractivity contribution is -0.133. The number of hydrogen-bond donors (Lipinski definition) is 1. The maximum atomic E-state index is 12.3. The van der Waals surface area contributed by atoms with E-state index in [1.807, 2.05) is 49.4 Å². The van der Waals surface area contributed by atoms with Crippen LogP contribution in [0.25, 0.3) is 0 Å². The number of fused-ring (bicyclic) bond motifs is 1. The molecule has 5 nitrogen and oxygen atoms in total. The van der Waals surface area contributed by atoms with Crippen molar-refractivity contribution in [2.75, 3.05) is 19.8 Å². The Morgan fingerprint density at radius 1 is 1.00 bits per heavy atom. The van der Waals surface area contributed by atoms with Crippen LogP contribution in [0.5, 0.6) is 11.5 Å². The molecule has 26 heavy (non-hydrogen) atoms. The molecule has 0 unspecified atom stereocenters. The summed E-state index contributed by atoms with van der Waals surface area (Å²) in [6.07, 6.45) is 0.701. The maximum Gasteiger partial charge on any atom is 0.265 e. The van der Waals surface area contributed by atoms with E-state index in [0.29, 0.717) is 31.3 Å². The predicted molar refractivity (Wildman–Crippen MR) is 99.5 cm³/mol. The van der Waals surface area contributed by atoms with Gasteiger partial charge in [0.1, 0.15) is 6.10 Å². The fourth-order valence-electron chi connectivity index (χ4n) is 2.83. The minimum absolute atomic E-state index is 0.156. The number of ether oxygens (including phenoxy) is 3. The Kier molecular flexibility index (Phi) is 6.50. The number of para-hydroxylation sites is 2. The molecule has 1 heterocycles. The Balaban J connectivity index is 1.32. The van der Waals surface area contributed by atoms with Crippen LogP contribution in [-0.4, -0.2) is 37.9 Å². The lowest BCUT2D eigenvalue weighted by Crippen LogP contribution is -2.49. The van der Waals surface area contributed by atoms with Gasteiger partial charge in [0.05, 0.1) is 6.61 Å². The molecule has 0 radical (unpaired) electrons. The summed E-state index contributed by atoms with van der Waals surface area (Å²) in [7, 11) is 0. The molecule has 1 N–H and O–H groups in total. The van der Waals surface area contributed by atoms with Gasteiger partial charge in [-0.15, -0.1) is 0 Å². The molecule has 0 aromatic heterocycles. The van der Waals surface area contributed by atoms with E-state index >= 15 is 0 Å². The molecule has 1 amide bonds. The van der Waals surface area contributed by atoms with E-state index in [1.54, 1.807) is 0 Å². The van der Waals surface area contributed by atoms with Crippen molar-refractivity contribution in [1.29, 1.82) is 0 Å². The lowest BCUT2D eigenvalue weighted by Gasteiger charge is -2.31. The molecule has 2 aromatic rings. The molecule has 2 aromatic carbocycles. The molecule has 0 spiro atoms. The van der Waals surface area contributed by atoms with Crippen LogP contribution < -0.4 is 14.8 Å². The Labute approximate surface area is 154 Å². The SMILES string of the molecule is C[C@H]1Oc2ccccc2O[C@@H]1C(=O)NCCCOCCc1ccccc1. The number of nitrogens with one attached hydrogen (secondary N) is 1. The highest BCUT2D eigenvalue weighted by atomic mass is 16.6. The van der Waals surface area contributed by atoms with Gasteiger partial charge in [-0.25, -0.2) is 0 Å². The Morgan fingerprint density at radius 2 is 1.69 bits per heavy atom. The zero-order chi connectivity index (χ0) is 18.2. The number of carbonyl (C=O) groups excluding carboxylic acids is 1. The summed E-state index contributed by atoms with van der Waals surface area (Å²) >= 11 is 0. The average Bonchev–Trinajstić information content (AvgIpc) is 2.67. The van der Waals surface area contributed by atoms with Gasteiger partial charge in [-0.3, -0.25) is 4.79 Å². The number of carbonyl (C=O) groups is 1. The van der Waals surface area contributed by atoms with Crippen molar-refractivity contribution in [3.05, 3.63) is 60.2 Å². The molecule has 0 bridgehead atoms. The van der Waals surface area contributed by atoms with Crippen LogP contribution in [0.4, 0.5) is 0 Å². The number of rotatable bonds is 8. The third-order valence-electron chi connectivity index (χ3n) is 4.24. The lowest BCUT2D eigenvalue weighted by atomic mass is 10.1. The fourth-order valence-corrected chi connectivity index (χ4v) is 2.83. The van der Waals surface area contributed by atoms with E-state index in [9.17, 15) is 4.79 Å². The molecular formula is C21H25NO4. The molecule has 3 rings (SSSR count). The highest BCUT2D eigenvalue weighted by molar-refractivity contribution is 5.82. The highest BCUT2D eigenvalue weighted by Gasteiger charge is 2.33. The van der Waals surface area contributed by atoms with E-state index in [2.05, 4.69) is 17.4 Å². The smallest absolute Gasteiger partial charge is 0.265 e. The average molecular weight is 355 g/mol. The second-order valence-corrected chi connectivity index (χ2v) is 6.30. The first kappa shape index (κ1) is 18.3. The zero-order valence-corrected chi connectivity index (χ0v) is 15.0. The van der Waals surface area contributed by atoms with Gasteiger partial charge < -0.3 is 19.5 Å². The monoisotopic (exact) mass is 355 g/mol. The molecule has 0 saturated carbocycles. The molecule has 0 fully saturated rings. The fraction of sp³-hybridized carbons (Fsp3) is 0.381. The quantitative estimate of drug-likeness (QED) is 0.740. The Hall–Kier alpha value is -2.53. The van der Waals surface area contributed by atoms with Gasteiger partial charge in [-0.05, 0) is 37.5 Å². The molecule has 0 saturated heterocycles. The van der Waals surface area contributed by atoms with Crippen LogP contribution in [0.3, 0.4) is 0 Å². The summed E-state index contributed by atoms with van der Waals surface area (Å²) in [6.45, 7) is 3.70. The Bertz CT molecular complexity index is 704. The van der Waals surface area contributed by atoms with Gasteiger partial charge in [-0.1, -0.05) is 42.5 Å². The Morgan fingerprint density at radius 3 is 2.46 bits per heavy atom. The van der Waals surface area contributed by atoms with Crippen molar-refractivity contribution in [2.45, 2.75) is 32.0 Å². The molecule has 1 aliphatic heterocycles. The molecule has 5 heteroatoms. The van der Waals surface area contributed by atoms with Crippen molar-refractivity contribution in [1.82, 2.24) is 5.32 Å². The van der Waals surface area contributed by atoms with Crippen LogP contribution >= 0.6 is 0 Å². The summed E-state index contributed by atoms with van der Waals surface area (Å²) in [5, 5.41) is 2.90. The summed E-state index contributed by atoms with van der Waals surface area (Å²) < 4.78 is 17.2. The van der Waals surface area contributed by atoms with Gasteiger partial charge in [0.2, 0.25) is 6.10 Å². The van der Waals surface area contributed by atoms with Crippen molar-refractivity contribution >= 4 is 5.91 Å². The van der Waals surface area contributed by atoms with Gasteiger partial charge >= 0.3 is 0 Å². The largest absolute Gasteiger partial charge is 0.482 e. The summed E-state index contributed by atoms with van der Waals surface area (Å²) in [6, 6.07) is 17.6. The molecule has 1 aliphatic rings. The van der Waals surface area contributed by atoms with E-state index < -0.39 is 6.10 Å². The topological polar surface area (TPSA) is 56.8 Å². The third kappa shape index (κ3) is 4.99. The zero-order valence-electron chi connectivity index (χ0n) is 15.0. The van der Waals surface area contributed by atoms with E-state index in [0.717, 1.165) is 12.8 Å². The number of benzene rings is 2. The van der Waals surface area contributed by atoms with Crippen molar-refractivity contribution in [3.63, 3.8) is 0 Å². The van der Waals surface area contributed by atoms with Gasteiger partial charge in [-0.2, -0.15) is 0 Å². The maximum absolute atomic E-state index is 12.3. The van der Waals surface area contributed by atoms with Gasteiger partial charge in [0.15, 0.2) is 11.5 Å². The van der Waals surface area contributed by atoms with Gasteiger partial charge in [0, 0.05) is 13.2 Å². The standard InChI is InChI=1S/C21H25NO4/c1-16-20(26-19-11-6-5-10-18(19)25-16)21(23)22-13-7-14-24-15-12-17-8-3-2-4-9-17/h2-6,8-11,16,20H,7,12-15H2,1H3,(H,22,23)/t16-,20+/m1/s1. The van der Waals surface area contributed by atoms with Crippen LogP contribution in [-0.2, 0) is 16.0 Å². The molecule has 2 atom stereocenters. The highest BCUT2D eigenvalue weighted by Crippen LogP contribution is 2.33. The van der Waals surface area contributed by atoms with Crippen LogP contribution in [0.2, 0.25) is 0 Å². The van der Waals surface area contributed by atoms with Crippen LogP contribution in [0.15, 0.2) is 54.6 Å². The van der Waals surface area contributed by atoms with Crippen molar-refractivity contribution in [3.8, 4) is 11.5 Å². The summed E-state index contributed by atoms with van der Waals surface area (Å²) in [5.74, 6) is 1.13. The molecule has 0 aliphatic carbocycles. The number of hydrogen-bond acceptors (Lipinski definition) is 4. The molecule has 138 valence electrons. The van der Waals surface area contributed by atoms with Crippen molar-refractivity contribution in [2.24, 2.45) is 0 Å². The van der Waals surface area contributed by atoms with E-state index in [1.165, 1.54) is 5.56 Å². The van der Waals surface area contributed by atoms with Crippen LogP contribution in [0, 0.1) is 0 Å².